The van der Waals surface area contributed by atoms with E-state index in [-0.39, 0.29) is 0 Å². The first-order valence-electron chi connectivity index (χ1n) is 8.53. The maximum atomic E-state index is 5.27. The fourth-order valence-electron chi connectivity index (χ4n) is 3.20. The minimum absolute atomic E-state index is 0.681. The Kier molecular flexibility index (Phi) is 5.34. The molecule has 2 aromatic rings. The number of rotatable bonds is 4. The third kappa shape index (κ3) is 4.15. The second kappa shape index (κ2) is 7.85. The fourth-order valence-corrected chi connectivity index (χ4v) is 3.20. The van der Waals surface area contributed by atoms with Crippen LogP contribution in [0.1, 0.15) is 43.2 Å². The Bertz CT molecular complexity index is 670. The van der Waals surface area contributed by atoms with Crippen molar-refractivity contribution in [2.24, 2.45) is 5.92 Å². The van der Waals surface area contributed by atoms with E-state index in [4.69, 9.17) is 4.74 Å². The van der Waals surface area contributed by atoms with Crippen molar-refractivity contribution in [2.45, 2.75) is 32.1 Å². The van der Waals surface area contributed by atoms with E-state index in [0.29, 0.717) is 5.92 Å². The lowest BCUT2D eigenvalue weighted by molar-refractivity contribution is 0.415. The molecule has 0 saturated heterocycles. The summed E-state index contributed by atoms with van der Waals surface area (Å²) in [5.41, 5.74) is 7.17. The van der Waals surface area contributed by atoms with Crippen LogP contribution >= 0.6 is 0 Å². The lowest BCUT2D eigenvalue weighted by Crippen LogP contribution is -2.02. The van der Waals surface area contributed by atoms with Crippen molar-refractivity contribution in [3.63, 3.8) is 0 Å². The molecule has 118 valence electrons. The summed E-state index contributed by atoms with van der Waals surface area (Å²) in [7, 11) is 1.70. The molecule has 1 aliphatic rings. The third-order valence-electron chi connectivity index (χ3n) is 4.55. The van der Waals surface area contributed by atoms with Crippen LogP contribution in [0.25, 0.3) is 5.57 Å². The third-order valence-corrected chi connectivity index (χ3v) is 4.55. The van der Waals surface area contributed by atoms with E-state index < -0.39 is 0 Å². The van der Waals surface area contributed by atoms with Gasteiger partial charge >= 0.3 is 0 Å². The van der Waals surface area contributed by atoms with E-state index in [9.17, 15) is 0 Å². The topological polar surface area (TPSA) is 9.23 Å². The van der Waals surface area contributed by atoms with E-state index in [1.807, 2.05) is 12.1 Å². The minimum Gasteiger partial charge on any atom is -0.497 e. The zero-order chi connectivity index (χ0) is 15.9. The Morgan fingerprint density at radius 3 is 2.22 bits per heavy atom. The summed E-state index contributed by atoms with van der Waals surface area (Å²) in [4.78, 5) is 0. The van der Waals surface area contributed by atoms with Gasteiger partial charge in [0.1, 0.15) is 5.75 Å². The zero-order valence-electron chi connectivity index (χ0n) is 13.8. The molecular formula is C22H24O. The number of hydrogen-bond acceptors (Lipinski definition) is 1. The van der Waals surface area contributed by atoms with Crippen LogP contribution in [0.15, 0.2) is 66.4 Å². The molecule has 1 heteroatoms. The van der Waals surface area contributed by atoms with Crippen LogP contribution < -0.4 is 4.74 Å². The average molecular weight is 304 g/mol. The molecule has 0 atom stereocenters. The number of methoxy groups -OCH3 is 1. The molecule has 1 saturated carbocycles. The number of ether oxygens (including phenoxy) is 1. The standard InChI is InChI=1S/C22H24O/c1-23-21-15-13-20(14-16-21)22(19-10-6-3-7-11-19)17-12-18-8-4-2-5-9-18/h3,6-7,10-16,18H,2,4-5,8-9H2,1H3. The Balaban J connectivity index is 1.97. The summed E-state index contributed by atoms with van der Waals surface area (Å²) in [5, 5.41) is 0. The molecule has 0 heterocycles. The van der Waals surface area contributed by atoms with E-state index >= 15 is 0 Å². The van der Waals surface area contributed by atoms with Crippen LogP contribution in [0.3, 0.4) is 0 Å². The van der Waals surface area contributed by atoms with E-state index in [1.54, 1.807) is 7.11 Å². The van der Waals surface area contributed by atoms with Crippen molar-refractivity contribution in [1.82, 2.24) is 0 Å². The van der Waals surface area contributed by atoms with Gasteiger partial charge in [0, 0.05) is 5.57 Å². The van der Waals surface area contributed by atoms with E-state index in [1.165, 1.54) is 48.8 Å². The van der Waals surface area contributed by atoms with Crippen LogP contribution in [0.4, 0.5) is 0 Å². The Labute approximate surface area is 139 Å². The molecule has 2 aromatic carbocycles. The fraction of sp³-hybridized carbons (Fsp3) is 0.318. The summed E-state index contributed by atoms with van der Waals surface area (Å²) >= 11 is 0. The predicted molar refractivity (Wildman–Crippen MR) is 96.6 cm³/mol. The molecule has 0 bridgehead atoms. The van der Waals surface area contributed by atoms with Crippen molar-refractivity contribution in [3.8, 4) is 5.75 Å². The van der Waals surface area contributed by atoms with Gasteiger partial charge in [0.25, 0.3) is 0 Å². The highest BCUT2D eigenvalue weighted by atomic mass is 16.5. The lowest BCUT2D eigenvalue weighted by atomic mass is 9.88. The predicted octanol–water partition coefficient (Wildman–Crippen LogP) is 5.86. The van der Waals surface area contributed by atoms with Crippen LogP contribution in [0.2, 0.25) is 0 Å². The number of hydrogen-bond donors (Lipinski definition) is 0. The van der Waals surface area contributed by atoms with Gasteiger partial charge in [-0.1, -0.05) is 61.7 Å². The summed E-state index contributed by atoms with van der Waals surface area (Å²) in [5.74, 6) is 1.57. The zero-order valence-corrected chi connectivity index (χ0v) is 13.8. The second-order valence-electron chi connectivity index (χ2n) is 6.18. The molecule has 0 aromatic heterocycles. The molecule has 1 fully saturated rings. The largest absolute Gasteiger partial charge is 0.497 e. The van der Waals surface area contributed by atoms with Gasteiger partial charge in [-0.2, -0.15) is 0 Å². The van der Waals surface area contributed by atoms with Crippen molar-refractivity contribution in [3.05, 3.63) is 77.5 Å². The summed E-state index contributed by atoms with van der Waals surface area (Å²) in [6, 6.07) is 18.8. The molecule has 1 nitrogen and oxygen atoms in total. The lowest BCUT2D eigenvalue weighted by Gasteiger charge is -2.17. The van der Waals surface area contributed by atoms with Crippen molar-refractivity contribution < 1.29 is 4.74 Å². The highest BCUT2D eigenvalue weighted by molar-refractivity contribution is 5.79. The maximum Gasteiger partial charge on any atom is 0.118 e. The van der Waals surface area contributed by atoms with Crippen LogP contribution in [0.5, 0.6) is 5.75 Å². The van der Waals surface area contributed by atoms with Gasteiger partial charge in [-0.05, 0) is 48.1 Å². The molecule has 1 aliphatic carbocycles. The Hall–Kier alpha value is -2.24. The van der Waals surface area contributed by atoms with Crippen LogP contribution in [0, 0.1) is 5.92 Å². The SMILES string of the molecule is COc1ccc(C(=C=CC2CCCCC2)c2ccccc2)cc1. The number of allylic oxidation sites excluding steroid dienone is 1. The molecule has 3 rings (SSSR count). The van der Waals surface area contributed by atoms with Crippen molar-refractivity contribution >= 4 is 5.57 Å². The molecule has 0 aliphatic heterocycles. The quantitative estimate of drug-likeness (QED) is 0.643. The van der Waals surface area contributed by atoms with Crippen LogP contribution in [-0.4, -0.2) is 7.11 Å². The molecule has 0 spiro atoms. The van der Waals surface area contributed by atoms with Gasteiger partial charge in [-0.15, -0.1) is 5.73 Å². The monoisotopic (exact) mass is 304 g/mol. The molecule has 0 N–H and O–H groups in total. The summed E-state index contributed by atoms with van der Waals surface area (Å²) in [6.45, 7) is 0. The first-order chi connectivity index (χ1) is 11.4. The Morgan fingerprint density at radius 2 is 1.57 bits per heavy atom. The first kappa shape index (κ1) is 15.6. The molecule has 0 amide bonds. The summed E-state index contributed by atoms with van der Waals surface area (Å²) in [6.07, 6.45) is 9.00. The maximum absolute atomic E-state index is 5.27. The molecule has 0 radical (unpaired) electrons. The first-order valence-corrected chi connectivity index (χ1v) is 8.53. The van der Waals surface area contributed by atoms with Gasteiger partial charge in [0.15, 0.2) is 0 Å². The highest BCUT2D eigenvalue weighted by Crippen LogP contribution is 2.27. The molecule has 23 heavy (non-hydrogen) atoms. The Morgan fingerprint density at radius 1 is 0.913 bits per heavy atom. The minimum atomic E-state index is 0.681. The average Bonchev–Trinajstić information content (AvgIpc) is 2.64. The summed E-state index contributed by atoms with van der Waals surface area (Å²) < 4.78 is 5.27. The normalized spacial score (nSPS) is 14.8. The van der Waals surface area contributed by atoms with Gasteiger partial charge in [0.05, 0.1) is 7.11 Å². The van der Waals surface area contributed by atoms with Crippen molar-refractivity contribution in [2.75, 3.05) is 7.11 Å². The van der Waals surface area contributed by atoms with Gasteiger partial charge in [0.2, 0.25) is 0 Å². The van der Waals surface area contributed by atoms with Crippen LogP contribution in [-0.2, 0) is 0 Å². The smallest absolute Gasteiger partial charge is 0.118 e. The van der Waals surface area contributed by atoms with Gasteiger partial charge in [-0.3, -0.25) is 0 Å². The van der Waals surface area contributed by atoms with E-state index in [0.717, 1.165) is 5.75 Å². The van der Waals surface area contributed by atoms with E-state index in [2.05, 4.69) is 54.3 Å². The van der Waals surface area contributed by atoms with Gasteiger partial charge in [-0.25, -0.2) is 0 Å². The highest BCUT2D eigenvalue weighted by Gasteiger charge is 2.10. The van der Waals surface area contributed by atoms with Gasteiger partial charge < -0.3 is 4.74 Å². The molecule has 0 unspecified atom stereocenters. The number of benzene rings is 2. The second-order valence-corrected chi connectivity index (χ2v) is 6.18. The molecular weight excluding hydrogens is 280 g/mol. The van der Waals surface area contributed by atoms with Crippen molar-refractivity contribution in [1.29, 1.82) is 0 Å².